The standard InChI is InChI=1S/C59H66F6N12O4/c1-40-50(52(44-18-14-42(38-66)15-19-44)70-56(80)76(40)48-12-6-10-46(36-48)58(60,61)62)54(78)68-22-8-26-74-32-28-72(29-33-74)24-4-3-5-25-73-30-34-75(35-31-73)27-9-23-69-55(79)51-41(2)77(49-13-7-11-47(37-49)59(63,64)65)57(81)71-53(51)45-20-16-43(39-67)17-21-45/h6-7,10-21,36-37,52-53H,3-5,8-9,22-35H2,1-2H3,(H,68,78)(H,69,79)(H,70,80)(H,71,81)/t52-,53-/m1/s1. The van der Waals surface area contributed by atoms with Crippen molar-refractivity contribution >= 4 is 35.3 Å². The maximum absolute atomic E-state index is 13.9. The van der Waals surface area contributed by atoms with Gasteiger partial charge in [-0.2, -0.15) is 36.9 Å². The first kappa shape index (κ1) is 59.4. The van der Waals surface area contributed by atoms with E-state index in [0.717, 1.165) is 132 Å². The van der Waals surface area contributed by atoms with Crippen LogP contribution in [0.1, 0.15) is 91.4 Å². The summed E-state index contributed by atoms with van der Waals surface area (Å²) in [5.74, 6) is -0.913. The van der Waals surface area contributed by atoms with E-state index in [4.69, 9.17) is 0 Å². The third kappa shape index (κ3) is 15.0. The molecule has 0 bridgehead atoms. The molecule has 4 aromatic rings. The molecule has 4 N–H and O–H groups in total. The zero-order valence-electron chi connectivity index (χ0n) is 45.3. The first-order chi connectivity index (χ1) is 38.8. The summed E-state index contributed by atoms with van der Waals surface area (Å²) < 4.78 is 81.9. The Morgan fingerprint density at radius 2 is 0.852 bits per heavy atom. The van der Waals surface area contributed by atoms with Crippen LogP contribution in [0.4, 0.5) is 47.3 Å². The van der Waals surface area contributed by atoms with Crippen molar-refractivity contribution in [2.24, 2.45) is 0 Å². The Labute approximate surface area is 467 Å². The number of piperazine rings is 2. The van der Waals surface area contributed by atoms with Gasteiger partial charge in [0.25, 0.3) is 11.8 Å². The molecule has 16 nitrogen and oxygen atoms in total. The first-order valence-corrected chi connectivity index (χ1v) is 27.3. The molecule has 8 rings (SSSR count). The molecule has 0 radical (unpaired) electrons. The molecular weight excluding hydrogens is 1050 g/mol. The predicted molar refractivity (Wildman–Crippen MR) is 293 cm³/mol. The second-order valence-corrected chi connectivity index (χ2v) is 20.6. The highest BCUT2D eigenvalue weighted by Crippen LogP contribution is 2.39. The van der Waals surface area contributed by atoms with E-state index in [1.807, 2.05) is 12.1 Å². The van der Waals surface area contributed by atoms with E-state index in [2.05, 4.69) is 40.9 Å². The van der Waals surface area contributed by atoms with Crippen molar-refractivity contribution in [3.05, 3.63) is 153 Å². The number of allylic oxidation sites excluding steroid dienone is 2. The lowest BCUT2D eigenvalue weighted by atomic mass is 9.93. The molecule has 0 aromatic heterocycles. The molecule has 4 aromatic carbocycles. The molecule has 4 aliphatic heterocycles. The number of rotatable bonds is 20. The molecule has 2 saturated heterocycles. The van der Waals surface area contributed by atoms with Gasteiger partial charge in [-0.15, -0.1) is 0 Å². The number of alkyl halides is 6. The van der Waals surface area contributed by atoms with Crippen molar-refractivity contribution in [1.82, 2.24) is 40.9 Å². The van der Waals surface area contributed by atoms with E-state index < -0.39 is 59.4 Å². The Hall–Kier alpha value is -7.76. The molecule has 0 aliphatic carbocycles. The van der Waals surface area contributed by atoms with E-state index in [-0.39, 0.29) is 33.9 Å². The number of halogens is 6. The van der Waals surface area contributed by atoms with E-state index in [0.29, 0.717) is 48.2 Å². The molecular formula is C59H66F6N12O4. The van der Waals surface area contributed by atoms with Gasteiger partial charge in [-0.3, -0.25) is 19.4 Å². The van der Waals surface area contributed by atoms with Gasteiger partial charge in [-0.1, -0.05) is 42.8 Å². The number of amides is 6. The zero-order valence-corrected chi connectivity index (χ0v) is 45.3. The van der Waals surface area contributed by atoms with Crippen molar-refractivity contribution in [3.63, 3.8) is 0 Å². The number of anilines is 2. The van der Waals surface area contributed by atoms with Crippen LogP contribution < -0.4 is 31.1 Å². The van der Waals surface area contributed by atoms with E-state index in [1.165, 1.54) is 24.3 Å². The molecule has 0 spiro atoms. The fourth-order valence-corrected chi connectivity index (χ4v) is 10.9. The van der Waals surface area contributed by atoms with Crippen molar-refractivity contribution < 1.29 is 45.5 Å². The lowest BCUT2D eigenvalue weighted by Gasteiger charge is -2.36. The van der Waals surface area contributed by atoms with Gasteiger partial charge in [0.15, 0.2) is 0 Å². The third-order valence-corrected chi connectivity index (χ3v) is 15.3. The Kier molecular flexibility index (Phi) is 19.5. The quantitative estimate of drug-likeness (QED) is 0.0494. The topological polar surface area (TPSA) is 183 Å². The van der Waals surface area contributed by atoms with Gasteiger partial charge >= 0.3 is 24.4 Å². The predicted octanol–water partition coefficient (Wildman–Crippen LogP) is 8.68. The van der Waals surface area contributed by atoms with Crippen molar-refractivity contribution in [3.8, 4) is 12.1 Å². The van der Waals surface area contributed by atoms with Crippen LogP contribution in [0.15, 0.2) is 120 Å². The second-order valence-electron chi connectivity index (χ2n) is 20.6. The molecule has 2 atom stereocenters. The number of nitriles is 2. The summed E-state index contributed by atoms with van der Waals surface area (Å²) in [6, 6.07) is 22.6. The summed E-state index contributed by atoms with van der Waals surface area (Å²) in [4.78, 5) is 66.7. The molecule has 2 fully saturated rings. The number of hydrogen-bond donors (Lipinski definition) is 4. The number of nitrogens with zero attached hydrogens (tertiary/aromatic N) is 8. The third-order valence-electron chi connectivity index (χ3n) is 15.3. The average molecular weight is 1120 g/mol. The van der Waals surface area contributed by atoms with E-state index in [1.54, 1.807) is 62.4 Å². The minimum Gasteiger partial charge on any atom is -0.352 e. The van der Waals surface area contributed by atoms with Crippen LogP contribution in [0.25, 0.3) is 0 Å². The summed E-state index contributed by atoms with van der Waals surface area (Å²) in [5, 5.41) is 30.2. The Morgan fingerprint density at radius 1 is 0.519 bits per heavy atom. The fraction of sp³-hybridized carbons (Fsp3) is 0.424. The molecule has 22 heteroatoms. The lowest BCUT2D eigenvalue weighted by Crippen LogP contribution is -2.50. The van der Waals surface area contributed by atoms with Crippen LogP contribution in [-0.4, -0.2) is 135 Å². The van der Waals surface area contributed by atoms with E-state index >= 15 is 0 Å². The van der Waals surface area contributed by atoms with Crippen molar-refractivity contribution in [1.29, 1.82) is 10.5 Å². The molecule has 0 saturated carbocycles. The minimum absolute atomic E-state index is 0.0320. The molecule has 4 aliphatic rings. The van der Waals surface area contributed by atoms with Gasteiger partial charge < -0.3 is 40.9 Å². The normalized spacial score (nSPS) is 19.0. The smallest absolute Gasteiger partial charge is 0.352 e. The molecule has 0 unspecified atom stereocenters. The van der Waals surface area contributed by atoms with Crippen LogP contribution in [0, 0.1) is 22.7 Å². The largest absolute Gasteiger partial charge is 0.416 e. The van der Waals surface area contributed by atoms with Crippen molar-refractivity contribution in [2.45, 2.75) is 70.4 Å². The van der Waals surface area contributed by atoms with Crippen molar-refractivity contribution in [2.75, 3.05) is 101 Å². The molecule has 6 amide bonds. The number of carbonyl (C=O) groups excluding carboxylic acids is 4. The molecule has 428 valence electrons. The number of nitrogens with one attached hydrogen (secondary N) is 4. The van der Waals surface area contributed by atoms with Gasteiger partial charge in [0.2, 0.25) is 0 Å². The van der Waals surface area contributed by atoms with Crippen LogP contribution in [0.5, 0.6) is 0 Å². The maximum Gasteiger partial charge on any atom is 0.416 e. The average Bonchev–Trinajstić information content (AvgIpc) is 3.65. The first-order valence-electron chi connectivity index (χ1n) is 27.3. The van der Waals surface area contributed by atoms with Gasteiger partial charge in [0.05, 0.1) is 69.0 Å². The SMILES string of the molecule is CC1=C(C(=O)NCCCN2CCN(CCCCCN3CCN(CCCNC(=O)C4=C(C)N(c5cccc(C(F)(F)F)c5)C(=O)N[C@@H]4c4ccc(C#N)cc4)CC3)CC2)[C@@H](c2ccc(C#N)cc2)NC(=O)N1c1cccc(C(F)(F)F)c1. The van der Waals surface area contributed by atoms with Crippen LogP contribution in [0.2, 0.25) is 0 Å². The minimum atomic E-state index is -4.64. The molecule has 81 heavy (non-hydrogen) atoms. The number of urea groups is 2. The zero-order chi connectivity index (χ0) is 57.8. The highest BCUT2D eigenvalue weighted by molar-refractivity contribution is 6.06. The Bertz CT molecular complexity index is 2840. The summed E-state index contributed by atoms with van der Waals surface area (Å²) in [6.45, 7) is 14.7. The number of unbranched alkanes of at least 4 members (excludes halogenated alkanes) is 2. The summed E-state index contributed by atoms with van der Waals surface area (Å²) in [7, 11) is 0. The number of carbonyl (C=O) groups is 4. The van der Waals surface area contributed by atoms with Gasteiger partial charge in [-0.25, -0.2) is 9.59 Å². The Balaban J connectivity index is 0.722. The van der Waals surface area contributed by atoms with Crippen LogP contribution >= 0.6 is 0 Å². The number of hydrogen-bond acceptors (Lipinski definition) is 10. The van der Waals surface area contributed by atoms with Gasteiger partial charge in [-0.05, 0) is 138 Å². The van der Waals surface area contributed by atoms with Gasteiger partial charge in [0, 0.05) is 76.8 Å². The summed E-state index contributed by atoms with van der Waals surface area (Å²) in [5.41, 5.74) is 0.706. The fourth-order valence-electron chi connectivity index (χ4n) is 10.9. The Morgan fingerprint density at radius 3 is 1.17 bits per heavy atom. The highest BCUT2D eigenvalue weighted by Gasteiger charge is 2.40. The molecule has 4 heterocycles. The summed E-state index contributed by atoms with van der Waals surface area (Å²) >= 11 is 0. The van der Waals surface area contributed by atoms with Crippen LogP contribution in [0.3, 0.4) is 0 Å². The van der Waals surface area contributed by atoms with E-state index in [9.17, 15) is 56.0 Å². The van der Waals surface area contributed by atoms with Crippen LogP contribution in [-0.2, 0) is 21.9 Å². The maximum atomic E-state index is 13.9. The monoisotopic (exact) mass is 1120 g/mol. The highest BCUT2D eigenvalue weighted by atomic mass is 19.4. The lowest BCUT2D eigenvalue weighted by molar-refractivity contribution is -0.138. The summed E-state index contributed by atoms with van der Waals surface area (Å²) in [6.07, 6.45) is -4.62. The van der Waals surface area contributed by atoms with Gasteiger partial charge in [0.1, 0.15) is 0 Å². The number of benzene rings is 4. The second kappa shape index (κ2) is 26.7.